The van der Waals surface area contributed by atoms with E-state index >= 15 is 0 Å². The second kappa shape index (κ2) is 8.44. The number of pyridine rings is 1. The Bertz CT molecular complexity index is 1070. The summed E-state index contributed by atoms with van der Waals surface area (Å²) in [5.41, 5.74) is 1.08. The fourth-order valence-corrected chi connectivity index (χ4v) is 3.00. The zero-order chi connectivity index (χ0) is 21.0. The average molecular weight is 414 g/mol. The third kappa shape index (κ3) is 4.90. The lowest BCUT2D eigenvalue weighted by Gasteiger charge is -2.12. The smallest absolute Gasteiger partial charge is 0.339 e. The zero-order valence-electron chi connectivity index (χ0n) is 15.0. The van der Waals surface area contributed by atoms with Gasteiger partial charge >= 0.3 is 5.97 Å². The number of thiazole rings is 1. The standard InChI is InChI=1S/C18H14N4O6S/c1-11(28-17(24)12-5-7-21(25)8-6-12)16(23)20-18-19-15(10-29-18)13-3-2-4-14(9-13)22(26)27/h2-11H,1H3,(H,19,20,23). The van der Waals surface area contributed by atoms with E-state index in [1.54, 1.807) is 17.5 Å². The lowest BCUT2D eigenvalue weighted by molar-refractivity contribution is -0.605. The summed E-state index contributed by atoms with van der Waals surface area (Å²) >= 11 is 1.13. The van der Waals surface area contributed by atoms with Crippen LogP contribution in [0.3, 0.4) is 0 Å². The van der Waals surface area contributed by atoms with Crippen LogP contribution in [-0.2, 0) is 9.53 Å². The summed E-state index contributed by atoms with van der Waals surface area (Å²) in [5.74, 6) is -1.34. The van der Waals surface area contributed by atoms with Gasteiger partial charge in [-0.15, -0.1) is 11.3 Å². The maximum absolute atomic E-state index is 12.3. The van der Waals surface area contributed by atoms with Crippen LogP contribution in [0.25, 0.3) is 11.3 Å². The van der Waals surface area contributed by atoms with Crippen molar-refractivity contribution in [2.45, 2.75) is 13.0 Å². The quantitative estimate of drug-likeness (QED) is 0.215. The predicted molar refractivity (Wildman–Crippen MR) is 103 cm³/mol. The van der Waals surface area contributed by atoms with Crippen LogP contribution in [0.15, 0.2) is 54.2 Å². The predicted octanol–water partition coefficient (Wildman–Crippen LogP) is 2.54. The minimum absolute atomic E-state index is 0.0648. The van der Waals surface area contributed by atoms with E-state index in [9.17, 15) is 24.9 Å². The SMILES string of the molecule is CC(OC(=O)c1cc[n+]([O-])cc1)C(=O)Nc1nc(-c2cccc([N+](=O)[O-])c2)cs1. The minimum atomic E-state index is -1.10. The van der Waals surface area contributed by atoms with Crippen LogP contribution in [0.1, 0.15) is 17.3 Å². The molecule has 11 heteroatoms. The van der Waals surface area contributed by atoms with Crippen molar-refractivity contribution < 1.29 is 24.0 Å². The molecule has 0 bridgehead atoms. The fourth-order valence-electron chi connectivity index (χ4n) is 2.28. The number of aromatic nitrogens is 2. The molecule has 1 aromatic carbocycles. The number of ether oxygens (including phenoxy) is 1. The van der Waals surface area contributed by atoms with Crippen LogP contribution < -0.4 is 10.0 Å². The van der Waals surface area contributed by atoms with Gasteiger partial charge in [0.2, 0.25) is 0 Å². The molecule has 1 amide bonds. The van der Waals surface area contributed by atoms with E-state index in [-0.39, 0.29) is 16.4 Å². The highest BCUT2D eigenvalue weighted by molar-refractivity contribution is 7.14. The van der Waals surface area contributed by atoms with Crippen molar-refractivity contribution in [3.05, 3.63) is 75.1 Å². The maximum Gasteiger partial charge on any atom is 0.339 e. The minimum Gasteiger partial charge on any atom is -0.619 e. The topological polar surface area (TPSA) is 138 Å². The van der Waals surface area contributed by atoms with E-state index < -0.39 is 22.9 Å². The summed E-state index contributed by atoms with van der Waals surface area (Å²) < 4.78 is 5.61. The zero-order valence-corrected chi connectivity index (χ0v) is 15.8. The van der Waals surface area contributed by atoms with Gasteiger partial charge in [-0.1, -0.05) is 12.1 Å². The number of hydrogen-bond donors (Lipinski definition) is 1. The summed E-state index contributed by atoms with van der Waals surface area (Å²) in [6.45, 7) is 1.40. The van der Waals surface area contributed by atoms with Crippen LogP contribution >= 0.6 is 11.3 Å². The Balaban J connectivity index is 1.63. The number of nitrogens with one attached hydrogen (secondary N) is 1. The maximum atomic E-state index is 12.3. The first kappa shape index (κ1) is 19.9. The van der Waals surface area contributed by atoms with Gasteiger partial charge in [-0.05, 0) is 6.92 Å². The summed E-state index contributed by atoms with van der Waals surface area (Å²) in [6, 6.07) is 8.54. The van der Waals surface area contributed by atoms with Crippen molar-refractivity contribution in [3.63, 3.8) is 0 Å². The molecule has 2 heterocycles. The molecule has 0 fully saturated rings. The molecule has 1 N–H and O–H groups in total. The highest BCUT2D eigenvalue weighted by atomic mass is 32.1. The lowest BCUT2D eigenvalue weighted by Crippen LogP contribution is -2.30. The molecule has 0 saturated heterocycles. The number of nitro groups is 1. The largest absolute Gasteiger partial charge is 0.619 e. The number of carbonyl (C=O) groups is 2. The molecule has 0 spiro atoms. The van der Waals surface area contributed by atoms with Gasteiger partial charge in [0.25, 0.3) is 11.6 Å². The third-order valence-electron chi connectivity index (χ3n) is 3.78. The molecule has 0 radical (unpaired) electrons. The Morgan fingerprint density at radius 3 is 2.69 bits per heavy atom. The summed E-state index contributed by atoms with van der Waals surface area (Å²) in [4.78, 5) is 38.9. The van der Waals surface area contributed by atoms with Crippen LogP contribution in [0, 0.1) is 15.3 Å². The number of nitrogens with zero attached hydrogens (tertiary/aromatic N) is 3. The van der Waals surface area contributed by atoms with E-state index in [2.05, 4.69) is 10.3 Å². The molecular formula is C18H14N4O6S. The number of benzene rings is 1. The number of carbonyl (C=O) groups excluding carboxylic acids is 2. The summed E-state index contributed by atoms with van der Waals surface area (Å²) in [7, 11) is 0. The van der Waals surface area contributed by atoms with E-state index in [0.717, 1.165) is 23.7 Å². The van der Waals surface area contributed by atoms with E-state index in [0.29, 0.717) is 16.0 Å². The van der Waals surface area contributed by atoms with Gasteiger partial charge in [-0.3, -0.25) is 20.2 Å². The fraction of sp³-hybridized carbons (Fsp3) is 0.111. The molecule has 1 unspecified atom stereocenters. The van der Waals surface area contributed by atoms with Crippen molar-refractivity contribution in [1.82, 2.24) is 4.98 Å². The molecule has 0 saturated carbocycles. The first-order chi connectivity index (χ1) is 13.8. The number of amides is 1. The molecule has 0 aliphatic carbocycles. The van der Waals surface area contributed by atoms with E-state index in [1.165, 1.54) is 31.2 Å². The Kier molecular flexibility index (Phi) is 5.79. The van der Waals surface area contributed by atoms with Gasteiger partial charge in [-0.25, -0.2) is 9.78 Å². The third-order valence-corrected chi connectivity index (χ3v) is 4.54. The molecule has 148 valence electrons. The van der Waals surface area contributed by atoms with E-state index in [4.69, 9.17) is 4.74 Å². The van der Waals surface area contributed by atoms with Crippen LogP contribution in [0.4, 0.5) is 10.8 Å². The van der Waals surface area contributed by atoms with Gasteiger partial charge in [0, 0.05) is 35.2 Å². The van der Waals surface area contributed by atoms with E-state index in [1.807, 2.05) is 0 Å². The highest BCUT2D eigenvalue weighted by Gasteiger charge is 2.21. The van der Waals surface area contributed by atoms with Crippen molar-refractivity contribution in [2.24, 2.45) is 0 Å². The summed E-state index contributed by atoms with van der Waals surface area (Å²) in [5, 5.41) is 26.3. The lowest BCUT2D eigenvalue weighted by atomic mass is 10.1. The molecule has 29 heavy (non-hydrogen) atoms. The Morgan fingerprint density at radius 1 is 1.28 bits per heavy atom. The van der Waals surface area contributed by atoms with Gasteiger partial charge < -0.3 is 9.94 Å². The Morgan fingerprint density at radius 2 is 2.00 bits per heavy atom. The van der Waals surface area contributed by atoms with Crippen molar-refractivity contribution >= 4 is 34.0 Å². The molecular weight excluding hydrogens is 400 g/mol. The van der Waals surface area contributed by atoms with Gasteiger partial charge in [0.15, 0.2) is 23.6 Å². The van der Waals surface area contributed by atoms with Crippen molar-refractivity contribution in [2.75, 3.05) is 5.32 Å². The highest BCUT2D eigenvalue weighted by Crippen LogP contribution is 2.27. The first-order valence-electron chi connectivity index (χ1n) is 8.24. The average Bonchev–Trinajstić information content (AvgIpc) is 3.17. The van der Waals surface area contributed by atoms with Crippen LogP contribution in [0.2, 0.25) is 0 Å². The molecule has 10 nitrogen and oxygen atoms in total. The molecule has 3 aromatic rings. The summed E-state index contributed by atoms with van der Waals surface area (Å²) in [6.07, 6.45) is 1.19. The van der Waals surface area contributed by atoms with Gasteiger partial charge in [0.05, 0.1) is 16.2 Å². The molecule has 2 aromatic heterocycles. The number of nitro benzene ring substituents is 1. The number of non-ortho nitro benzene ring substituents is 1. The Labute approximate surface area is 168 Å². The second-order valence-corrected chi connectivity index (χ2v) is 6.69. The molecule has 0 aliphatic rings. The normalized spacial score (nSPS) is 11.5. The number of hydrogen-bond acceptors (Lipinski definition) is 8. The Hall–Kier alpha value is -3.86. The first-order valence-corrected chi connectivity index (χ1v) is 9.12. The number of esters is 1. The number of anilines is 1. The molecule has 3 rings (SSSR count). The van der Waals surface area contributed by atoms with Crippen molar-refractivity contribution in [1.29, 1.82) is 0 Å². The van der Waals surface area contributed by atoms with Crippen molar-refractivity contribution in [3.8, 4) is 11.3 Å². The van der Waals surface area contributed by atoms with Crippen LogP contribution in [-0.4, -0.2) is 27.9 Å². The number of rotatable bonds is 6. The molecule has 1 atom stereocenters. The monoisotopic (exact) mass is 414 g/mol. The molecule has 0 aliphatic heterocycles. The van der Waals surface area contributed by atoms with Gasteiger partial charge in [-0.2, -0.15) is 4.73 Å². The van der Waals surface area contributed by atoms with Crippen LogP contribution in [0.5, 0.6) is 0 Å². The second-order valence-electron chi connectivity index (χ2n) is 5.83. The van der Waals surface area contributed by atoms with Gasteiger partial charge in [0.1, 0.15) is 0 Å².